The van der Waals surface area contributed by atoms with Gasteiger partial charge >= 0.3 is 5.97 Å². The summed E-state index contributed by atoms with van der Waals surface area (Å²) in [6.45, 7) is 0. The van der Waals surface area contributed by atoms with Crippen LogP contribution in [0.2, 0.25) is 0 Å². The molecule has 0 radical (unpaired) electrons. The van der Waals surface area contributed by atoms with Gasteiger partial charge in [-0.2, -0.15) is 0 Å². The number of hydrogen-bond donors (Lipinski definition) is 2. The molecule has 0 bridgehead atoms. The van der Waals surface area contributed by atoms with Gasteiger partial charge in [0.25, 0.3) is 0 Å². The molecule has 1 unspecified atom stereocenters. The number of carbonyl (C=O) groups is 1. The summed E-state index contributed by atoms with van der Waals surface area (Å²) >= 11 is 0. The third-order valence-electron chi connectivity index (χ3n) is 3.45. The van der Waals surface area contributed by atoms with E-state index in [1.54, 1.807) is 0 Å². The molecular weight excluding hydrogens is 284 g/mol. The van der Waals surface area contributed by atoms with Crippen molar-refractivity contribution in [2.24, 2.45) is 0 Å². The number of sulfone groups is 1. The normalized spacial score (nSPS) is 21.3. The first-order valence-corrected chi connectivity index (χ1v) is 7.84. The van der Waals surface area contributed by atoms with Gasteiger partial charge in [0.1, 0.15) is 11.6 Å². The number of nitrogens with zero attached hydrogens (tertiary/aromatic N) is 2. The fraction of sp³-hybridized carbons (Fsp3) is 0.333. The number of aromatic carboxylic acids is 1. The van der Waals surface area contributed by atoms with E-state index in [-0.39, 0.29) is 28.9 Å². The topological polar surface area (TPSA) is 109 Å². The van der Waals surface area contributed by atoms with Gasteiger partial charge in [0.2, 0.25) is 0 Å². The Bertz CT molecular complexity index is 809. The highest BCUT2D eigenvalue weighted by Gasteiger charge is 2.33. The third-order valence-corrected chi connectivity index (χ3v) is 5.22. The largest absolute Gasteiger partial charge is 0.506 e. The van der Waals surface area contributed by atoms with Crippen LogP contribution in [0.4, 0.5) is 0 Å². The summed E-state index contributed by atoms with van der Waals surface area (Å²) in [5.41, 5.74) is 0.207. The molecule has 2 N–H and O–H groups in total. The summed E-state index contributed by atoms with van der Waals surface area (Å²) in [5, 5.41) is 18.7. The minimum absolute atomic E-state index is 0.0334. The second-order valence-corrected chi connectivity index (χ2v) is 7.09. The van der Waals surface area contributed by atoms with Gasteiger partial charge in [0.05, 0.1) is 23.2 Å². The molecule has 3 heterocycles. The first kappa shape index (κ1) is 12.9. The molecule has 1 saturated heterocycles. The molecule has 1 aliphatic heterocycles. The Morgan fingerprint density at radius 1 is 1.40 bits per heavy atom. The molecule has 8 heteroatoms. The summed E-state index contributed by atoms with van der Waals surface area (Å²) in [7, 11) is -3.10. The molecule has 0 saturated carbocycles. The van der Waals surface area contributed by atoms with Crippen LogP contribution in [-0.4, -0.2) is 45.5 Å². The summed E-state index contributed by atoms with van der Waals surface area (Å²) in [6, 6.07) is 2.83. The smallest absolute Gasteiger partial charge is 0.356 e. The van der Waals surface area contributed by atoms with Crippen LogP contribution < -0.4 is 0 Å². The summed E-state index contributed by atoms with van der Waals surface area (Å²) in [4.78, 5) is 15.3. The van der Waals surface area contributed by atoms with Gasteiger partial charge in [-0.1, -0.05) is 0 Å². The number of carboxylic acid groups (broad SMARTS) is 1. The van der Waals surface area contributed by atoms with Gasteiger partial charge in [0, 0.05) is 5.92 Å². The fourth-order valence-electron chi connectivity index (χ4n) is 2.54. The first-order chi connectivity index (χ1) is 9.37. The van der Waals surface area contributed by atoms with Crippen LogP contribution in [0, 0.1) is 0 Å². The third kappa shape index (κ3) is 2.01. The Balaban J connectivity index is 2.20. The Kier molecular flexibility index (Phi) is 2.72. The van der Waals surface area contributed by atoms with Crippen molar-refractivity contribution in [2.45, 2.75) is 12.3 Å². The number of hydrogen-bond acceptors (Lipinski definition) is 5. The lowest BCUT2D eigenvalue weighted by atomic mass is 10.1. The van der Waals surface area contributed by atoms with E-state index in [1.807, 2.05) is 0 Å². The zero-order valence-corrected chi connectivity index (χ0v) is 11.2. The zero-order valence-electron chi connectivity index (χ0n) is 10.4. The maximum atomic E-state index is 11.6. The van der Waals surface area contributed by atoms with Gasteiger partial charge in [-0.05, 0) is 18.6 Å². The lowest BCUT2D eigenvalue weighted by molar-refractivity contribution is 0.0693. The Labute approximate surface area is 114 Å². The number of fused-ring (bicyclic) bond motifs is 1. The maximum Gasteiger partial charge on any atom is 0.356 e. The van der Waals surface area contributed by atoms with Crippen molar-refractivity contribution in [1.29, 1.82) is 0 Å². The van der Waals surface area contributed by atoms with Crippen LogP contribution in [0.5, 0.6) is 5.75 Å². The minimum Gasteiger partial charge on any atom is -0.506 e. The van der Waals surface area contributed by atoms with E-state index in [1.165, 1.54) is 22.7 Å². The van der Waals surface area contributed by atoms with E-state index in [2.05, 4.69) is 4.98 Å². The molecular formula is C12H12N2O5S. The summed E-state index contributed by atoms with van der Waals surface area (Å²) in [5.74, 6) is -1.15. The van der Waals surface area contributed by atoms with Crippen LogP contribution in [0.3, 0.4) is 0 Å². The quantitative estimate of drug-likeness (QED) is 0.841. The molecule has 106 valence electrons. The van der Waals surface area contributed by atoms with Crippen molar-refractivity contribution < 1.29 is 23.4 Å². The number of pyridine rings is 1. The van der Waals surface area contributed by atoms with E-state index < -0.39 is 15.8 Å². The lowest BCUT2D eigenvalue weighted by Gasteiger charge is -2.06. The molecule has 1 fully saturated rings. The highest BCUT2D eigenvalue weighted by molar-refractivity contribution is 7.91. The second-order valence-electron chi connectivity index (χ2n) is 4.87. The molecule has 0 aromatic carbocycles. The number of imidazole rings is 1. The molecule has 2 aromatic rings. The van der Waals surface area contributed by atoms with E-state index in [0.29, 0.717) is 17.8 Å². The van der Waals surface area contributed by atoms with Gasteiger partial charge in [-0.3, -0.25) is 4.40 Å². The van der Waals surface area contributed by atoms with E-state index >= 15 is 0 Å². The maximum absolute atomic E-state index is 11.6. The van der Waals surface area contributed by atoms with Crippen LogP contribution in [0.1, 0.15) is 28.7 Å². The number of rotatable bonds is 2. The van der Waals surface area contributed by atoms with Crippen LogP contribution >= 0.6 is 0 Å². The fourth-order valence-corrected chi connectivity index (χ4v) is 4.28. The van der Waals surface area contributed by atoms with Crippen molar-refractivity contribution in [2.75, 3.05) is 11.5 Å². The zero-order chi connectivity index (χ0) is 14.5. The highest BCUT2D eigenvalue weighted by Crippen LogP contribution is 2.30. The van der Waals surface area contributed by atoms with Gasteiger partial charge < -0.3 is 10.2 Å². The van der Waals surface area contributed by atoms with Crippen molar-refractivity contribution in [3.63, 3.8) is 0 Å². The Hall–Kier alpha value is -2.09. The number of aromatic hydroxyl groups is 1. The van der Waals surface area contributed by atoms with Crippen molar-refractivity contribution in [3.8, 4) is 5.75 Å². The van der Waals surface area contributed by atoms with Crippen molar-refractivity contribution in [3.05, 3.63) is 29.8 Å². The molecule has 2 aromatic heterocycles. The van der Waals surface area contributed by atoms with Gasteiger partial charge in [-0.15, -0.1) is 0 Å². The SMILES string of the molecule is O=C(O)c1nc(C2CCS(=O)(=O)C2)n2cc(O)ccc12. The first-order valence-electron chi connectivity index (χ1n) is 6.02. The average molecular weight is 296 g/mol. The monoisotopic (exact) mass is 296 g/mol. The highest BCUT2D eigenvalue weighted by atomic mass is 32.2. The van der Waals surface area contributed by atoms with E-state index in [4.69, 9.17) is 5.11 Å². The van der Waals surface area contributed by atoms with E-state index in [0.717, 1.165) is 0 Å². The average Bonchev–Trinajstić information content (AvgIpc) is 2.89. The predicted octanol–water partition coefficient (Wildman–Crippen LogP) is 0.640. The molecule has 0 amide bonds. The molecule has 0 spiro atoms. The van der Waals surface area contributed by atoms with Gasteiger partial charge in [-0.25, -0.2) is 18.2 Å². The molecule has 20 heavy (non-hydrogen) atoms. The summed E-state index contributed by atoms with van der Waals surface area (Å²) in [6.07, 6.45) is 1.77. The molecule has 1 atom stereocenters. The van der Waals surface area contributed by atoms with Crippen molar-refractivity contribution in [1.82, 2.24) is 9.38 Å². The molecule has 7 nitrogen and oxygen atoms in total. The number of carboxylic acids is 1. The second kappa shape index (κ2) is 4.20. The van der Waals surface area contributed by atoms with Crippen LogP contribution in [-0.2, 0) is 9.84 Å². The standard InChI is InChI=1S/C12H12N2O5S/c15-8-1-2-9-10(12(16)17)13-11(14(9)5-8)7-3-4-20(18,19)6-7/h1-2,5,7,15H,3-4,6H2,(H,16,17). The number of aromatic nitrogens is 2. The Morgan fingerprint density at radius 2 is 2.15 bits per heavy atom. The molecule has 3 rings (SSSR count). The van der Waals surface area contributed by atoms with Crippen molar-refractivity contribution >= 4 is 21.3 Å². The molecule has 0 aliphatic carbocycles. The van der Waals surface area contributed by atoms with Crippen LogP contribution in [0.15, 0.2) is 18.3 Å². The lowest BCUT2D eigenvalue weighted by Crippen LogP contribution is -2.07. The predicted molar refractivity (Wildman–Crippen MR) is 69.8 cm³/mol. The van der Waals surface area contributed by atoms with E-state index in [9.17, 15) is 18.3 Å². The molecule has 1 aliphatic rings. The Morgan fingerprint density at radius 3 is 2.75 bits per heavy atom. The van der Waals surface area contributed by atoms with Gasteiger partial charge in [0.15, 0.2) is 15.5 Å². The van der Waals surface area contributed by atoms with Crippen LogP contribution in [0.25, 0.3) is 5.52 Å². The minimum atomic E-state index is -3.10. The summed E-state index contributed by atoms with van der Waals surface area (Å²) < 4.78 is 24.6.